The maximum atomic E-state index is 13.4. The van der Waals surface area contributed by atoms with E-state index in [-0.39, 0.29) is 11.7 Å². The number of carbonyl (C=O) groups is 1. The van der Waals surface area contributed by atoms with Crippen LogP contribution in [0.15, 0.2) is 36.7 Å². The summed E-state index contributed by atoms with van der Waals surface area (Å²) >= 11 is 0. The Kier molecular flexibility index (Phi) is 4.79. The predicted molar refractivity (Wildman–Crippen MR) is 94.9 cm³/mol. The zero-order valence-electron chi connectivity index (χ0n) is 14.7. The Morgan fingerprint density at radius 1 is 1.32 bits per heavy atom. The smallest absolute Gasteiger partial charge is 0.254 e. The van der Waals surface area contributed by atoms with Crippen molar-refractivity contribution in [2.45, 2.75) is 19.8 Å². The minimum absolute atomic E-state index is 0.0757. The fraction of sp³-hybridized carbons (Fsp3) is 0.316. The third-order valence-electron chi connectivity index (χ3n) is 4.19. The highest BCUT2D eigenvalue weighted by molar-refractivity contribution is 6.06. The van der Waals surface area contributed by atoms with E-state index in [2.05, 4.69) is 10.1 Å². The van der Waals surface area contributed by atoms with Crippen LogP contribution in [0.4, 0.5) is 4.39 Å². The largest absolute Gasteiger partial charge is 0.342 e. The second-order valence-electron chi connectivity index (χ2n) is 6.33. The minimum Gasteiger partial charge on any atom is -0.342 e. The van der Waals surface area contributed by atoms with Crippen molar-refractivity contribution in [3.8, 4) is 0 Å². The molecule has 0 spiro atoms. The van der Waals surface area contributed by atoms with E-state index in [1.54, 1.807) is 28.8 Å². The number of carbonyl (C=O) groups excluding carboxylic acids is 1. The number of aromatic nitrogens is 3. The van der Waals surface area contributed by atoms with Crippen molar-refractivity contribution < 1.29 is 9.18 Å². The molecule has 2 aromatic heterocycles. The number of halogens is 1. The molecule has 0 N–H and O–H groups in total. The van der Waals surface area contributed by atoms with Crippen molar-refractivity contribution in [2.24, 2.45) is 7.05 Å². The van der Waals surface area contributed by atoms with Gasteiger partial charge in [-0.3, -0.25) is 14.5 Å². The van der Waals surface area contributed by atoms with E-state index in [0.29, 0.717) is 28.7 Å². The summed E-state index contributed by atoms with van der Waals surface area (Å²) in [5.74, 6) is -0.429. The standard InChI is InChI=1S/C19H21FN4O/c1-13-9-17(16-7-6-15(20)10-18(16)22-13)19(25)23(2)8-4-5-14-11-21-24(3)12-14/h6-7,9-12H,4-5,8H2,1-3H3. The van der Waals surface area contributed by atoms with Crippen LogP contribution in [-0.4, -0.2) is 39.2 Å². The number of benzene rings is 1. The number of rotatable bonds is 5. The average Bonchev–Trinajstić information content (AvgIpc) is 2.98. The number of pyridine rings is 1. The van der Waals surface area contributed by atoms with Gasteiger partial charge in [-0.1, -0.05) is 0 Å². The fourth-order valence-corrected chi connectivity index (χ4v) is 2.94. The summed E-state index contributed by atoms with van der Waals surface area (Å²) in [4.78, 5) is 18.9. The van der Waals surface area contributed by atoms with Gasteiger partial charge in [0.05, 0.1) is 17.3 Å². The number of aryl methyl sites for hydroxylation is 3. The van der Waals surface area contributed by atoms with Gasteiger partial charge in [0.25, 0.3) is 5.91 Å². The van der Waals surface area contributed by atoms with E-state index in [1.165, 1.54) is 12.1 Å². The molecule has 0 aliphatic heterocycles. The first-order valence-corrected chi connectivity index (χ1v) is 8.24. The molecule has 1 aromatic carbocycles. The lowest BCUT2D eigenvalue weighted by molar-refractivity contribution is 0.0795. The van der Waals surface area contributed by atoms with Crippen molar-refractivity contribution in [3.05, 3.63) is 59.3 Å². The van der Waals surface area contributed by atoms with Gasteiger partial charge >= 0.3 is 0 Å². The van der Waals surface area contributed by atoms with E-state index < -0.39 is 0 Å². The van der Waals surface area contributed by atoms with Gasteiger partial charge in [-0.05, 0) is 43.5 Å². The van der Waals surface area contributed by atoms with Gasteiger partial charge in [-0.2, -0.15) is 5.10 Å². The highest BCUT2D eigenvalue weighted by Gasteiger charge is 2.16. The van der Waals surface area contributed by atoms with Gasteiger partial charge in [0.15, 0.2) is 0 Å². The molecule has 6 heteroatoms. The Labute approximate surface area is 146 Å². The van der Waals surface area contributed by atoms with Gasteiger partial charge < -0.3 is 4.90 Å². The SMILES string of the molecule is Cc1cc(C(=O)N(C)CCCc2cnn(C)c2)c2ccc(F)cc2n1. The van der Waals surface area contributed by atoms with Gasteiger partial charge in [0.2, 0.25) is 0 Å². The van der Waals surface area contributed by atoms with Gasteiger partial charge in [-0.15, -0.1) is 0 Å². The summed E-state index contributed by atoms with van der Waals surface area (Å²) in [6, 6.07) is 6.11. The summed E-state index contributed by atoms with van der Waals surface area (Å²) in [5, 5.41) is 4.82. The van der Waals surface area contributed by atoms with E-state index in [9.17, 15) is 9.18 Å². The molecule has 0 radical (unpaired) electrons. The monoisotopic (exact) mass is 340 g/mol. The second kappa shape index (κ2) is 7.01. The molecule has 1 amide bonds. The molecule has 130 valence electrons. The molecule has 0 aliphatic carbocycles. The van der Waals surface area contributed by atoms with Crippen LogP contribution in [0.1, 0.15) is 28.0 Å². The summed E-state index contributed by atoms with van der Waals surface area (Å²) in [6.07, 6.45) is 5.55. The lowest BCUT2D eigenvalue weighted by atomic mass is 10.1. The second-order valence-corrected chi connectivity index (χ2v) is 6.33. The molecule has 0 fully saturated rings. The maximum absolute atomic E-state index is 13.4. The highest BCUT2D eigenvalue weighted by atomic mass is 19.1. The first-order chi connectivity index (χ1) is 11.9. The Morgan fingerprint density at radius 3 is 2.84 bits per heavy atom. The summed E-state index contributed by atoms with van der Waals surface area (Å²) in [5.41, 5.74) is 2.92. The summed E-state index contributed by atoms with van der Waals surface area (Å²) in [7, 11) is 3.68. The number of nitrogens with zero attached hydrogens (tertiary/aromatic N) is 4. The van der Waals surface area contributed by atoms with Crippen molar-refractivity contribution in [3.63, 3.8) is 0 Å². The predicted octanol–water partition coefficient (Wildman–Crippen LogP) is 3.12. The molecule has 0 saturated carbocycles. The molecule has 0 unspecified atom stereocenters. The first-order valence-electron chi connectivity index (χ1n) is 8.24. The van der Waals surface area contributed by atoms with Crippen molar-refractivity contribution >= 4 is 16.8 Å². The minimum atomic E-state index is -0.353. The van der Waals surface area contributed by atoms with Crippen molar-refractivity contribution in [2.75, 3.05) is 13.6 Å². The summed E-state index contributed by atoms with van der Waals surface area (Å²) in [6.45, 7) is 2.45. The molecule has 0 aliphatic rings. The number of hydrogen-bond donors (Lipinski definition) is 0. The number of amides is 1. The molecular formula is C19H21FN4O. The third kappa shape index (κ3) is 3.84. The van der Waals surface area contributed by atoms with Crippen LogP contribution in [0, 0.1) is 12.7 Å². The zero-order chi connectivity index (χ0) is 18.0. The Bertz CT molecular complexity index is 914. The molecule has 0 bridgehead atoms. The third-order valence-corrected chi connectivity index (χ3v) is 4.19. The normalized spacial score (nSPS) is 11.0. The van der Waals surface area contributed by atoms with Gasteiger partial charge in [0, 0.05) is 44.0 Å². The van der Waals surface area contributed by atoms with E-state index in [1.807, 2.05) is 26.4 Å². The zero-order valence-corrected chi connectivity index (χ0v) is 14.7. The van der Waals surface area contributed by atoms with E-state index >= 15 is 0 Å². The average molecular weight is 340 g/mol. The molecule has 3 rings (SSSR count). The van der Waals surface area contributed by atoms with Crippen LogP contribution in [0.25, 0.3) is 10.9 Å². The molecular weight excluding hydrogens is 319 g/mol. The van der Waals surface area contributed by atoms with Crippen LogP contribution in [0.3, 0.4) is 0 Å². The fourth-order valence-electron chi connectivity index (χ4n) is 2.94. The van der Waals surface area contributed by atoms with E-state index in [0.717, 1.165) is 18.4 Å². The van der Waals surface area contributed by atoms with Crippen LogP contribution < -0.4 is 0 Å². The lowest BCUT2D eigenvalue weighted by Gasteiger charge is -2.18. The Hall–Kier alpha value is -2.76. The molecule has 25 heavy (non-hydrogen) atoms. The van der Waals surface area contributed by atoms with Crippen molar-refractivity contribution in [1.29, 1.82) is 0 Å². The topological polar surface area (TPSA) is 51.0 Å². The lowest BCUT2D eigenvalue weighted by Crippen LogP contribution is -2.28. The van der Waals surface area contributed by atoms with Gasteiger partial charge in [-0.25, -0.2) is 4.39 Å². The van der Waals surface area contributed by atoms with Crippen LogP contribution >= 0.6 is 0 Å². The van der Waals surface area contributed by atoms with E-state index in [4.69, 9.17) is 0 Å². The van der Waals surface area contributed by atoms with Crippen LogP contribution in [-0.2, 0) is 13.5 Å². The van der Waals surface area contributed by atoms with Crippen LogP contribution in [0.5, 0.6) is 0 Å². The van der Waals surface area contributed by atoms with Crippen molar-refractivity contribution in [1.82, 2.24) is 19.7 Å². The number of fused-ring (bicyclic) bond motifs is 1. The molecule has 0 saturated heterocycles. The Balaban J connectivity index is 1.74. The summed E-state index contributed by atoms with van der Waals surface area (Å²) < 4.78 is 15.2. The quantitative estimate of drug-likeness (QED) is 0.717. The molecule has 5 nitrogen and oxygen atoms in total. The molecule has 2 heterocycles. The maximum Gasteiger partial charge on any atom is 0.254 e. The van der Waals surface area contributed by atoms with Crippen LogP contribution in [0.2, 0.25) is 0 Å². The first kappa shape index (κ1) is 17.1. The highest BCUT2D eigenvalue weighted by Crippen LogP contribution is 2.21. The van der Waals surface area contributed by atoms with Gasteiger partial charge in [0.1, 0.15) is 5.82 Å². The molecule has 0 atom stereocenters. The number of hydrogen-bond acceptors (Lipinski definition) is 3. The molecule has 3 aromatic rings. The Morgan fingerprint density at radius 2 is 2.12 bits per heavy atom.